The molecule has 0 aromatic heterocycles. The van der Waals surface area contributed by atoms with Crippen LogP contribution in [0.1, 0.15) is 36.0 Å². The Bertz CT molecular complexity index is 986. The predicted molar refractivity (Wildman–Crippen MR) is 109 cm³/mol. The monoisotopic (exact) mass is 375 g/mol. The van der Waals surface area contributed by atoms with E-state index in [-0.39, 0.29) is 17.9 Å². The molecule has 3 aliphatic rings. The third-order valence-electron chi connectivity index (χ3n) is 6.73. The van der Waals surface area contributed by atoms with Crippen molar-refractivity contribution in [1.82, 2.24) is 4.90 Å². The van der Waals surface area contributed by atoms with E-state index in [4.69, 9.17) is 0 Å². The summed E-state index contributed by atoms with van der Waals surface area (Å²) in [7, 11) is 0. The quantitative estimate of drug-likeness (QED) is 0.844. The van der Waals surface area contributed by atoms with E-state index in [0.29, 0.717) is 0 Å². The lowest BCUT2D eigenvalue weighted by Gasteiger charge is -2.36. The zero-order valence-corrected chi connectivity index (χ0v) is 16.3. The molecular weight excluding hydrogens is 350 g/mol. The van der Waals surface area contributed by atoms with Gasteiger partial charge in [0.2, 0.25) is 11.8 Å². The number of amides is 2. The Morgan fingerprint density at radius 1 is 1.21 bits per heavy atom. The van der Waals surface area contributed by atoms with Crippen LogP contribution in [0.3, 0.4) is 0 Å². The second-order valence-corrected chi connectivity index (χ2v) is 8.35. The molecule has 2 aromatic carbocycles. The van der Waals surface area contributed by atoms with E-state index in [1.807, 2.05) is 50.2 Å². The van der Waals surface area contributed by atoms with Crippen molar-refractivity contribution < 1.29 is 9.59 Å². The molecule has 3 aliphatic heterocycles. The average Bonchev–Trinajstić information content (AvgIpc) is 3.32. The first kappa shape index (κ1) is 17.4. The molecule has 2 aromatic rings. The SMILES string of the molecule is Cc1ccc(NC(=O)C2CC3CCCN3C23C(=O)Nc2ccccc23)c(C)c1. The maximum absolute atomic E-state index is 13.5. The second-order valence-electron chi connectivity index (χ2n) is 8.35. The molecule has 3 heterocycles. The third kappa shape index (κ3) is 2.29. The standard InChI is InChI=1S/C23H25N3O2/c1-14-9-10-19(15(2)12-14)24-21(27)18-13-16-6-5-11-26(16)23(18)17-7-3-4-8-20(17)25-22(23)28/h3-4,7-10,12,16,18H,5-6,11,13H2,1-2H3,(H,24,27)(H,25,28). The highest BCUT2D eigenvalue weighted by molar-refractivity contribution is 6.10. The van der Waals surface area contributed by atoms with Crippen LogP contribution in [0.2, 0.25) is 0 Å². The maximum Gasteiger partial charge on any atom is 0.250 e. The summed E-state index contributed by atoms with van der Waals surface area (Å²) in [6.07, 6.45) is 2.84. The minimum atomic E-state index is -0.888. The Morgan fingerprint density at radius 3 is 2.86 bits per heavy atom. The number of nitrogens with zero attached hydrogens (tertiary/aromatic N) is 1. The first-order chi connectivity index (χ1) is 13.5. The van der Waals surface area contributed by atoms with Crippen LogP contribution in [0.4, 0.5) is 11.4 Å². The molecule has 28 heavy (non-hydrogen) atoms. The molecule has 3 atom stereocenters. The van der Waals surface area contributed by atoms with E-state index in [1.54, 1.807) is 0 Å². The number of carbonyl (C=O) groups excluding carboxylic acids is 2. The van der Waals surface area contributed by atoms with Gasteiger partial charge >= 0.3 is 0 Å². The van der Waals surface area contributed by atoms with Crippen molar-refractivity contribution in [2.24, 2.45) is 5.92 Å². The Hall–Kier alpha value is -2.66. The first-order valence-electron chi connectivity index (χ1n) is 10.1. The third-order valence-corrected chi connectivity index (χ3v) is 6.73. The van der Waals surface area contributed by atoms with Gasteiger partial charge in [-0.05, 0) is 57.4 Å². The maximum atomic E-state index is 13.5. The van der Waals surface area contributed by atoms with Crippen LogP contribution in [0, 0.1) is 19.8 Å². The van der Waals surface area contributed by atoms with Gasteiger partial charge in [-0.25, -0.2) is 0 Å². The molecule has 1 spiro atoms. The van der Waals surface area contributed by atoms with Crippen LogP contribution in [-0.4, -0.2) is 29.3 Å². The molecule has 0 aliphatic carbocycles. The van der Waals surface area contributed by atoms with E-state index >= 15 is 0 Å². The van der Waals surface area contributed by atoms with Crippen LogP contribution in [-0.2, 0) is 15.1 Å². The highest BCUT2D eigenvalue weighted by Crippen LogP contribution is 2.55. The lowest BCUT2D eigenvalue weighted by molar-refractivity contribution is -0.135. The van der Waals surface area contributed by atoms with Crippen molar-refractivity contribution in [3.05, 3.63) is 59.2 Å². The van der Waals surface area contributed by atoms with Gasteiger partial charge in [0.05, 0.1) is 5.92 Å². The van der Waals surface area contributed by atoms with Crippen LogP contribution in [0.15, 0.2) is 42.5 Å². The molecule has 2 saturated heterocycles. The van der Waals surface area contributed by atoms with Crippen molar-refractivity contribution in [1.29, 1.82) is 0 Å². The van der Waals surface area contributed by atoms with E-state index in [1.165, 1.54) is 0 Å². The summed E-state index contributed by atoms with van der Waals surface area (Å²) >= 11 is 0. The molecule has 2 N–H and O–H groups in total. The van der Waals surface area contributed by atoms with Crippen LogP contribution in [0.5, 0.6) is 0 Å². The normalized spacial score (nSPS) is 28.3. The molecule has 0 saturated carbocycles. The summed E-state index contributed by atoms with van der Waals surface area (Å²) in [5, 5.41) is 6.18. The van der Waals surface area contributed by atoms with Gasteiger partial charge in [0, 0.05) is 23.0 Å². The Labute approximate surface area is 165 Å². The lowest BCUT2D eigenvalue weighted by Crippen LogP contribution is -2.53. The summed E-state index contributed by atoms with van der Waals surface area (Å²) in [5.41, 5.74) is 3.93. The number of carbonyl (C=O) groups is 2. The van der Waals surface area contributed by atoms with Gasteiger partial charge in [0.1, 0.15) is 5.54 Å². The van der Waals surface area contributed by atoms with Crippen molar-refractivity contribution >= 4 is 23.2 Å². The summed E-state index contributed by atoms with van der Waals surface area (Å²) in [4.78, 5) is 29.1. The largest absolute Gasteiger partial charge is 0.326 e. The minimum absolute atomic E-state index is 0.0566. The smallest absolute Gasteiger partial charge is 0.250 e. The van der Waals surface area contributed by atoms with Crippen LogP contribution >= 0.6 is 0 Å². The van der Waals surface area contributed by atoms with Gasteiger partial charge in [-0.3, -0.25) is 14.5 Å². The Morgan fingerprint density at radius 2 is 2.04 bits per heavy atom. The van der Waals surface area contributed by atoms with Gasteiger partial charge in [-0.1, -0.05) is 35.9 Å². The summed E-state index contributed by atoms with van der Waals surface area (Å²) in [6.45, 7) is 4.90. The molecule has 0 radical (unpaired) electrons. The first-order valence-corrected chi connectivity index (χ1v) is 10.1. The van der Waals surface area contributed by atoms with Crippen LogP contribution in [0.25, 0.3) is 0 Å². The zero-order chi connectivity index (χ0) is 19.5. The number of aryl methyl sites for hydroxylation is 2. The van der Waals surface area contributed by atoms with E-state index in [0.717, 1.165) is 53.9 Å². The second kappa shape index (κ2) is 6.17. The Balaban J connectivity index is 1.57. The molecule has 144 valence electrons. The molecule has 5 heteroatoms. The topological polar surface area (TPSA) is 61.4 Å². The van der Waals surface area contributed by atoms with Gasteiger partial charge in [-0.2, -0.15) is 0 Å². The molecule has 2 fully saturated rings. The lowest BCUT2D eigenvalue weighted by atomic mass is 9.78. The minimum Gasteiger partial charge on any atom is -0.326 e. The fourth-order valence-electron chi connectivity index (χ4n) is 5.55. The summed E-state index contributed by atoms with van der Waals surface area (Å²) in [5.74, 6) is -0.519. The van der Waals surface area contributed by atoms with E-state index in [9.17, 15) is 9.59 Å². The number of benzene rings is 2. The van der Waals surface area contributed by atoms with E-state index < -0.39 is 11.5 Å². The molecule has 0 bridgehead atoms. The van der Waals surface area contributed by atoms with Gasteiger partial charge in [0.15, 0.2) is 0 Å². The van der Waals surface area contributed by atoms with Gasteiger partial charge in [-0.15, -0.1) is 0 Å². The fraction of sp³-hybridized carbons (Fsp3) is 0.391. The fourth-order valence-corrected chi connectivity index (χ4v) is 5.55. The highest BCUT2D eigenvalue weighted by Gasteiger charge is 2.65. The number of nitrogens with one attached hydrogen (secondary N) is 2. The number of anilines is 2. The highest BCUT2D eigenvalue weighted by atomic mass is 16.2. The van der Waals surface area contributed by atoms with Crippen LogP contribution < -0.4 is 10.6 Å². The van der Waals surface area contributed by atoms with Gasteiger partial charge < -0.3 is 10.6 Å². The summed E-state index contributed by atoms with van der Waals surface area (Å²) in [6, 6.07) is 14.1. The number of fused-ring (bicyclic) bond motifs is 4. The van der Waals surface area contributed by atoms with Crippen molar-refractivity contribution in [2.75, 3.05) is 17.2 Å². The Kier molecular flexibility index (Phi) is 3.85. The van der Waals surface area contributed by atoms with Crippen molar-refractivity contribution in [3.8, 4) is 0 Å². The van der Waals surface area contributed by atoms with Crippen molar-refractivity contribution in [2.45, 2.75) is 44.7 Å². The molecular formula is C23H25N3O2. The number of rotatable bonds is 2. The molecule has 2 amide bonds. The zero-order valence-electron chi connectivity index (χ0n) is 16.3. The summed E-state index contributed by atoms with van der Waals surface area (Å²) < 4.78 is 0. The predicted octanol–water partition coefficient (Wildman–Crippen LogP) is 3.57. The average molecular weight is 375 g/mol. The van der Waals surface area contributed by atoms with E-state index in [2.05, 4.69) is 21.6 Å². The molecule has 5 nitrogen and oxygen atoms in total. The number of hydrogen-bond acceptors (Lipinski definition) is 3. The number of hydrogen-bond donors (Lipinski definition) is 2. The molecule has 5 rings (SSSR count). The number of para-hydroxylation sites is 1. The molecule has 3 unspecified atom stereocenters. The van der Waals surface area contributed by atoms with Crippen molar-refractivity contribution in [3.63, 3.8) is 0 Å². The van der Waals surface area contributed by atoms with Gasteiger partial charge in [0.25, 0.3) is 0 Å².